The average molecular weight is 438 g/mol. The molecule has 3 aromatic carbocycles. The number of para-hydroxylation sites is 1. The molecular formula is C28H27N3O2. The number of nitrogens with one attached hydrogen (secondary N) is 2. The Morgan fingerprint density at radius 1 is 1.00 bits per heavy atom. The van der Waals surface area contributed by atoms with Crippen molar-refractivity contribution in [3.8, 4) is 0 Å². The van der Waals surface area contributed by atoms with Crippen LogP contribution < -0.4 is 5.32 Å². The molecular weight excluding hydrogens is 410 g/mol. The van der Waals surface area contributed by atoms with E-state index in [0.717, 1.165) is 33.4 Å². The van der Waals surface area contributed by atoms with Crippen molar-refractivity contribution < 1.29 is 9.59 Å². The van der Waals surface area contributed by atoms with Crippen LogP contribution in [0.4, 0.5) is 5.69 Å². The zero-order chi connectivity index (χ0) is 23.1. The van der Waals surface area contributed by atoms with Gasteiger partial charge in [0, 0.05) is 33.4 Å². The van der Waals surface area contributed by atoms with E-state index >= 15 is 0 Å². The first-order valence-electron chi connectivity index (χ1n) is 11.3. The molecule has 5 heteroatoms. The summed E-state index contributed by atoms with van der Waals surface area (Å²) >= 11 is 0. The highest BCUT2D eigenvalue weighted by atomic mass is 16.2. The second-order valence-corrected chi connectivity index (χ2v) is 8.96. The monoisotopic (exact) mass is 437 g/mol. The first kappa shape index (κ1) is 21.0. The number of aromatic amines is 1. The highest BCUT2D eigenvalue weighted by Gasteiger charge is 2.40. The van der Waals surface area contributed by atoms with E-state index in [1.165, 1.54) is 5.56 Å². The van der Waals surface area contributed by atoms with Gasteiger partial charge in [-0.05, 0) is 48.2 Å². The highest BCUT2D eigenvalue weighted by molar-refractivity contribution is 6.04. The van der Waals surface area contributed by atoms with Crippen LogP contribution in [0, 0.1) is 6.92 Å². The summed E-state index contributed by atoms with van der Waals surface area (Å²) < 4.78 is 0. The van der Waals surface area contributed by atoms with Gasteiger partial charge in [-0.1, -0.05) is 62.4 Å². The van der Waals surface area contributed by atoms with E-state index in [4.69, 9.17) is 0 Å². The van der Waals surface area contributed by atoms with Gasteiger partial charge in [-0.3, -0.25) is 9.59 Å². The van der Waals surface area contributed by atoms with E-state index < -0.39 is 0 Å². The number of rotatable bonds is 5. The summed E-state index contributed by atoms with van der Waals surface area (Å²) in [5, 5.41) is 4.03. The van der Waals surface area contributed by atoms with Gasteiger partial charge >= 0.3 is 0 Å². The normalized spacial score (nSPS) is 15.3. The minimum absolute atomic E-state index is 0.0247. The summed E-state index contributed by atoms with van der Waals surface area (Å²) in [6, 6.07) is 23.3. The van der Waals surface area contributed by atoms with Crippen molar-refractivity contribution in [3.05, 3.63) is 101 Å². The molecule has 0 saturated carbocycles. The highest BCUT2D eigenvalue weighted by Crippen LogP contribution is 2.42. The molecule has 1 atom stereocenters. The van der Waals surface area contributed by atoms with Crippen molar-refractivity contribution in [2.24, 2.45) is 0 Å². The number of hydrogen-bond acceptors (Lipinski definition) is 2. The van der Waals surface area contributed by atoms with Crippen molar-refractivity contribution in [2.45, 2.75) is 32.7 Å². The molecule has 33 heavy (non-hydrogen) atoms. The molecule has 0 bridgehead atoms. The predicted octanol–water partition coefficient (Wildman–Crippen LogP) is 5.78. The van der Waals surface area contributed by atoms with E-state index in [9.17, 15) is 9.59 Å². The predicted molar refractivity (Wildman–Crippen MR) is 132 cm³/mol. The topological polar surface area (TPSA) is 65.2 Å². The Balaban J connectivity index is 1.48. The number of anilines is 1. The lowest BCUT2D eigenvalue weighted by Gasteiger charge is -2.26. The molecule has 5 nitrogen and oxygen atoms in total. The quantitative estimate of drug-likeness (QED) is 0.415. The first-order chi connectivity index (χ1) is 15.9. The number of H-pyrrole nitrogens is 1. The summed E-state index contributed by atoms with van der Waals surface area (Å²) in [5.41, 5.74) is 6.60. The van der Waals surface area contributed by atoms with Crippen LogP contribution in [0.2, 0.25) is 0 Å². The van der Waals surface area contributed by atoms with Gasteiger partial charge in [-0.25, -0.2) is 0 Å². The van der Waals surface area contributed by atoms with Crippen LogP contribution in [-0.4, -0.2) is 28.2 Å². The molecule has 0 spiro atoms. The lowest BCUT2D eigenvalue weighted by atomic mass is 9.95. The molecule has 0 aliphatic carbocycles. The number of amides is 2. The van der Waals surface area contributed by atoms with Crippen LogP contribution in [-0.2, 0) is 4.79 Å². The standard InChI is InChI=1S/C28H27N3O2/c1-17(2)19-12-14-20(15-13-19)30-25(32)16-31-27(21-8-4-5-9-22(21)28(31)33)26-18(3)29-24-11-7-6-10-23(24)26/h4-15,17,27,29H,16H2,1-3H3,(H,30,32). The van der Waals surface area contributed by atoms with Crippen molar-refractivity contribution in [2.75, 3.05) is 11.9 Å². The Morgan fingerprint density at radius 3 is 2.45 bits per heavy atom. The molecule has 0 fully saturated rings. The Morgan fingerprint density at radius 2 is 1.70 bits per heavy atom. The summed E-state index contributed by atoms with van der Waals surface area (Å²) in [7, 11) is 0. The fraction of sp³-hybridized carbons (Fsp3) is 0.214. The van der Waals surface area contributed by atoms with Crippen LogP contribution in [0.1, 0.15) is 58.5 Å². The maximum absolute atomic E-state index is 13.4. The molecule has 1 aliphatic rings. The number of carbonyl (C=O) groups is 2. The van der Waals surface area contributed by atoms with Crippen molar-refractivity contribution in [1.29, 1.82) is 0 Å². The fourth-order valence-corrected chi connectivity index (χ4v) is 4.80. The van der Waals surface area contributed by atoms with Crippen LogP contribution in [0.3, 0.4) is 0 Å². The van der Waals surface area contributed by atoms with E-state index in [0.29, 0.717) is 11.5 Å². The Bertz CT molecular complexity index is 1350. The number of aromatic nitrogens is 1. The maximum Gasteiger partial charge on any atom is 0.255 e. The largest absolute Gasteiger partial charge is 0.358 e. The van der Waals surface area contributed by atoms with Crippen molar-refractivity contribution in [3.63, 3.8) is 0 Å². The van der Waals surface area contributed by atoms with Gasteiger partial charge in [0.05, 0.1) is 6.04 Å². The SMILES string of the molecule is Cc1[nH]c2ccccc2c1C1c2ccccc2C(=O)N1CC(=O)Nc1ccc(C(C)C)cc1. The third-order valence-electron chi connectivity index (χ3n) is 6.45. The molecule has 1 aliphatic heterocycles. The van der Waals surface area contributed by atoms with Crippen LogP contribution in [0.5, 0.6) is 0 Å². The molecule has 5 rings (SSSR count). The summed E-state index contributed by atoms with van der Waals surface area (Å²) in [6.45, 7) is 6.27. The smallest absolute Gasteiger partial charge is 0.255 e. The van der Waals surface area contributed by atoms with Crippen LogP contribution in [0.25, 0.3) is 10.9 Å². The maximum atomic E-state index is 13.4. The number of benzene rings is 3. The average Bonchev–Trinajstić information content (AvgIpc) is 3.27. The number of hydrogen-bond donors (Lipinski definition) is 2. The molecule has 1 aromatic heterocycles. The van der Waals surface area contributed by atoms with Crippen molar-refractivity contribution in [1.82, 2.24) is 9.88 Å². The van der Waals surface area contributed by atoms with Crippen LogP contribution >= 0.6 is 0 Å². The van der Waals surface area contributed by atoms with Gasteiger partial charge < -0.3 is 15.2 Å². The van der Waals surface area contributed by atoms with E-state index in [2.05, 4.69) is 30.2 Å². The van der Waals surface area contributed by atoms with E-state index in [1.807, 2.05) is 73.7 Å². The number of carbonyl (C=O) groups excluding carboxylic acids is 2. The molecule has 166 valence electrons. The Hall–Kier alpha value is -3.86. The Labute approximate surface area is 193 Å². The minimum Gasteiger partial charge on any atom is -0.358 e. The molecule has 2 heterocycles. The molecule has 4 aromatic rings. The summed E-state index contributed by atoms with van der Waals surface area (Å²) in [4.78, 5) is 31.6. The lowest BCUT2D eigenvalue weighted by Crippen LogP contribution is -2.36. The molecule has 2 amide bonds. The fourth-order valence-electron chi connectivity index (χ4n) is 4.80. The molecule has 2 N–H and O–H groups in total. The summed E-state index contributed by atoms with van der Waals surface area (Å²) in [6.07, 6.45) is 0. The van der Waals surface area contributed by atoms with Gasteiger partial charge in [0.2, 0.25) is 5.91 Å². The Kier molecular flexibility index (Phi) is 5.25. The van der Waals surface area contributed by atoms with Gasteiger partial charge in [0.1, 0.15) is 6.54 Å². The van der Waals surface area contributed by atoms with E-state index in [1.54, 1.807) is 4.90 Å². The second kappa shape index (κ2) is 8.24. The van der Waals surface area contributed by atoms with Crippen LogP contribution in [0.15, 0.2) is 72.8 Å². The minimum atomic E-state index is -0.320. The third-order valence-corrected chi connectivity index (χ3v) is 6.45. The van der Waals surface area contributed by atoms with Crippen molar-refractivity contribution >= 4 is 28.4 Å². The first-order valence-corrected chi connectivity index (χ1v) is 11.3. The molecule has 0 saturated heterocycles. The summed E-state index contributed by atoms with van der Waals surface area (Å²) in [5.74, 6) is 0.0946. The zero-order valence-electron chi connectivity index (χ0n) is 19.1. The van der Waals surface area contributed by atoms with Gasteiger partial charge in [0.15, 0.2) is 0 Å². The van der Waals surface area contributed by atoms with Gasteiger partial charge in [-0.2, -0.15) is 0 Å². The number of fused-ring (bicyclic) bond motifs is 2. The lowest BCUT2D eigenvalue weighted by molar-refractivity contribution is -0.117. The molecule has 0 radical (unpaired) electrons. The number of aryl methyl sites for hydroxylation is 1. The second-order valence-electron chi connectivity index (χ2n) is 8.96. The third kappa shape index (κ3) is 3.69. The van der Waals surface area contributed by atoms with Gasteiger partial charge in [0.25, 0.3) is 5.91 Å². The molecule has 1 unspecified atom stereocenters. The zero-order valence-corrected chi connectivity index (χ0v) is 19.1. The van der Waals surface area contributed by atoms with E-state index in [-0.39, 0.29) is 24.4 Å². The van der Waals surface area contributed by atoms with Gasteiger partial charge in [-0.15, -0.1) is 0 Å². The number of nitrogens with zero attached hydrogens (tertiary/aromatic N) is 1.